The van der Waals surface area contributed by atoms with E-state index in [1.165, 1.54) is 11.8 Å². The van der Waals surface area contributed by atoms with Crippen LogP contribution in [0.4, 0.5) is 0 Å². The number of aromatic amines is 1. The van der Waals surface area contributed by atoms with Gasteiger partial charge in [-0.15, -0.1) is 0 Å². The molecule has 166 valence electrons. The van der Waals surface area contributed by atoms with Crippen molar-refractivity contribution in [1.29, 1.82) is 0 Å². The third-order valence-electron chi connectivity index (χ3n) is 5.49. The molecule has 10 nitrogen and oxygen atoms in total. The molecule has 1 aromatic heterocycles. The highest BCUT2D eigenvalue weighted by molar-refractivity contribution is 5.94. The smallest absolute Gasteiger partial charge is 0.326 e. The predicted molar refractivity (Wildman–Crippen MR) is 113 cm³/mol. The van der Waals surface area contributed by atoms with Crippen molar-refractivity contribution in [3.63, 3.8) is 0 Å². The molecular weight excluding hydrogens is 402 g/mol. The van der Waals surface area contributed by atoms with Crippen LogP contribution in [0.25, 0.3) is 10.9 Å². The summed E-state index contributed by atoms with van der Waals surface area (Å²) in [5.41, 5.74) is 7.13. The maximum Gasteiger partial charge on any atom is 0.326 e. The van der Waals surface area contributed by atoms with Gasteiger partial charge in [-0.2, -0.15) is 0 Å². The first-order valence-corrected chi connectivity index (χ1v) is 10.2. The molecule has 1 saturated heterocycles. The number of carboxylic acid groups (broad SMARTS) is 1. The summed E-state index contributed by atoms with van der Waals surface area (Å²) in [6.07, 6.45) is 2.95. The van der Waals surface area contributed by atoms with Crippen molar-refractivity contribution >= 4 is 34.6 Å². The van der Waals surface area contributed by atoms with E-state index in [-0.39, 0.29) is 13.0 Å². The lowest BCUT2D eigenvalue weighted by atomic mass is 10.0. The maximum atomic E-state index is 12.9. The summed E-state index contributed by atoms with van der Waals surface area (Å²) < 4.78 is 0. The minimum atomic E-state index is -1.06. The molecule has 31 heavy (non-hydrogen) atoms. The number of H-pyrrole nitrogens is 1. The van der Waals surface area contributed by atoms with Gasteiger partial charge < -0.3 is 31.4 Å². The normalized spacial score (nSPS) is 17.9. The van der Waals surface area contributed by atoms with Gasteiger partial charge in [0.2, 0.25) is 17.7 Å². The first kappa shape index (κ1) is 22.3. The van der Waals surface area contributed by atoms with Crippen LogP contribution in [0, 0.1) is 0 Å². The van der Waals surface area contributed by atoms with E-state index in [0.717, 1.165) is 16.5 Å². The van der Waals surface area contributed by atoms with Gasteiger partial charge >= 0.3 is 5.97 Å². The number of rotatable bonds is 8. The zero-order chi connectivity index (χ0) is 22.5. The lowest BCUT2D eigenvalue weighted by Crippen LogP contribution is -2.55. The third kappa shape index (κ3) is 5.02. The van der Waals surface area contributed by atoms with Gasteiger partial charge in [-0.3, -0.25) is 14.4 Å². The minimum Gasteiger partial charge on any atom is -0.480 e. The molecule has 2 heterocycles. The zero-order valence-corrected chi connectivity index (χ0v) is 17.3. The number of para-hydroxylation sites is 1. The minimum absolute atomic E-state index is 0.198. The van der Waals surface area contributed by atoms with Crippen molar-refractivity contribution in [2.75, 3.05) is 13.1 Å². The average Bonchev–Trinajstić information content (AvgIpc) is 3.40. The number of nitrogens with one attached hydrogen (secondary N) is 3. The van der Waals surface area contributed by atoms with Gasteiger partial charge in [-0.05, 0) is 31.4 Å². The molecule has 1 aliphatic rings. The summed E-state index contributed by atoms with van der Waals surface area (Å²) in [6.45, 7) is 1.56. The van der Waals surface area contributed by atoms with Crippen molar-refractivity contribution in [1.82, 2.24) is 20.5 Å². The van der Waals surface area contributed by atoms with Gasteiger partial charge in [-0.25, -0.2) is 4.79 Å². The number of likely N-dealkylation sites (tertiary alicyclic amines) is 1. The summed E-state index contributed by atoms with van der Waals surface area (Å²) >= 11 is 0. The second-order valence-corrected chi connectivity index (χ2v) is 7.65. The van der Waals surface area contributed by atoms with Gasteiger partial charge in [-0.1, -0.05) is 18.2 Å². The molecule has 3 amide bonds. The zero-order valence-electron chi connectivity index (χ0n) is 17.3. The molecule has 1 aliphatic heterocycles. The van der Waals surface area contributed by atoms with Crippen LogP contribution in [0.15, 0.2) is 30.5 Å². The molecule has 0 unspecified atom stereocenters. The summed E-state index contributed by atoms with van der Waals surface area (Å²) in [6, 6.07) is 4.81. The molecule has 2 aromatic rings. The number of nitrogens with two attached hydrogens (primary N) is 1. The van der Waals surface area contributed by atoms with Crippen molar-refractivity contribution < 1.29 is 24.3 Å². The average molecular weight is 429 g/mol. The highest BCUT2D eigenvalue weighted by Gasteiger charge is 2.36. The van der Waals surface area contributed by atoms with Gasteiger partial charge in [0.15, 0.2) is 0 Å². The highest BCUT2D eigenvalue weighted by Crippen LogP contribution is 2.20. The quantitative estimate of drug-likeness (QED) is 0.389. The number of aliphatic carboxylic acids is 1. The molecule has 0 saturated carbocycles. The van der Waals surface area contributed by atoms with Crippen LogP contribution in [-0.2, 0) is 25.6 Å². The Morgan fingerprint density at radius 1 is 1.26 bits per heavy atom. The third-order valence-corrected chi connectivity index (χ3v) is 5.49. The number of aromatic nitrogens is 1. The van der Waals surface area contributed by atoms with E-state index in [1.807, 2.05) is 24.3 Å². The Morgan fingerprint density at radius 2 is 2.00 bits per heavy atom. The van der Waals surface area contributed by atoms with Crippen molar-refractivity contribution in [3.05, 3.63) is 36.0 Å². The van der Waals surface area contributed by atoms with Crippen LogP contribution < -0.4 is 16.4 Å². The number of benzene rings is 1. The fraction of sp³-hybridized carbons (Fsp3) is 0.429. The largest absolute Gasteiger partial charge is 0.480 e. The van der Waals surface area contributed by atoms with E-state index in [2.05, 4.69) is 15.6 Å². The lowest BCUT2D eigenvalue weighted by molar-refractivity contribution is -0.149. The molecule has 1 aromatic carbocycles. The summed E-state index contributed by atoms with van der Waals surface area (Å²) in [7, 11) is 0. The topological polar surface area (TPSA) is 158 Å². The summed E-state index contributed by atoms with van der Waals surface area (Å²) in [5, 5.41) is 15.4. The van der Waals surface area contributed by atoms with Gasteiger partial charge in [0.1, 0.15) is 18.1 Å². The molecular formula is C21H27N5O5. The molecule has 3 atom stereocenters. The Kier molecular flexibility index (Phi) is 6.91. The van der Waals surface area contributed by atoms with Crippen LogP contribution in [0.3, 0.4) is 0 Å². The van der Waals surface area contributed by atoms with Gasteiger partial charge in [0.05, 0.1) is 6.54 Å². The van der Waals surface area contributed by atoms with E-state index in [9.17, 15) is 24.3 Å². The number of carbonyl (C=O) groups is 4. The molecule has 1 fully saturated rings. The number of hydrogen-bond acceptors (Lipinski definition) is 5. The Balaban J connectivity index is 1.73. The number of nitrogens with zero attached hydrogens (tertiary/aromatic N) is 1. The molecule has 6 N–H and O–H groups in total. The molecule has 0 aliphatic carbocycles. The van der Waals surface area contributed by atoms with E-state index in [0.29, 0.717) is 19.4 Å². The summed E-state index contributed by atoms with van der Waals surface area (Å²) in [5.74, 6) is -2.56. The monoisotopic (exact) mass is 429 g/mol. The van der Waals surface area contributed by atoms with E-state index < -0.39 is 41.8 Å². The Morgan fingerprint density at radius 3 is 2.71 bits per heavy atom. The van der Waals surface area contributed by atoms with Crippen LogP contribution >= 0.6 is 0 Å². The molecule has 3 rings (SSSR count). The van der Waals surface area contributed by atoms with E-state index >= 15 is 0 Å². The van der Waals surface area contributed by atoms with E-state index in [1.54, 1.807) is 6.20 Å². The summed E-state index contributed by atoms with van der Waals surface area (Å²) in [4.78, 5) is 53.3. The predicted octanol–water partition coefficient (Wildman–Crippen LogP) is -0.266. The van der Waals surface area contributed by atoms with E-state index in [4.69, 9.17) is 5.73 Å². The number of amides is 3. The molecule has 0 bridgehead atoms. The number of carboxylic acids is 1. The fourth-order valence-corrected chi connectivity index (χ4v) is 3.89. The fourth-order valence-electron chi connectivity index (χ4n) is 3.89. The first-order chi connectivity index (χ1) is 14.8. The van der Waals surface area contributed by atoms with Gasteiger partial charge in [0.25, 0.3) is 0 Å². The highest BCUT2D eigenvalue weighted by atomic mass is 16.4. The van der Waals surface area contributed by atoms with Crippen molar-refractivity contribution in [3.8, 4) is 0 Å². The second kappa shape index (κ2) is 9.61. The lowest BCUT2D eigenvalue weighted by Gasteiger charge is -2.26. The Bertz CT molecular complexity index is 987. The number of carbonyl (C=O) groups excluding carboxylic acids is 3. The first-order valence-electron chi connectivity index (χ1n) is 10.2. The van der Waals surface area contributed by atoms with Crippen LogP contribution in [0.1, 0.15) is 25.3 Å². The second-order valence-electron chi connectivity index (χ2n) is 7.65. The SMILES string of the molecule is C[C@H](NC(=O)[C@H](Cc1c[nH]c2ccccc12)NC(=O)CN)C(=O)N1CCC[C@H]1C(=O)O. The number of hydrogen-bond donors (Lipinski definition) is 5. The Hall–Kier alpha value is -3.40. The van der Waals surface area contributed by atoms with Crippen LogP contribution in [0.2, 0.25) is 0 Å². The van der Waals surface area contributed by atoms with Crippen LogP contribution in [-0.4, -0.2) is 69.9 Å². The maximum absolute atomic E-state index is 12.9. The Labute approximate surface area is 179 Å². The van der Waals surface area contributed by atoms with Crippen molar-refractivity contribution in [2.24, 2.45) is 5.73 Å². The molecule has 0 radical (unpaired) electrons. The van der Waals surface area contributed by atoms with Crippen molar-refractivity contribution in [2.45, 2.75) is 44.3 Å². The molecule has 0 spiro atoms. The standard InChI is InChI=1S/C21H27N5O5/c1-12(20(29)26-8-4-7-17(26)21(30)31)24-19(28)16(25-18(27)10-22)9-13-11-23-15-6-3-2-5-14(13)15/h2-3,5-6,11-12,16-17,23H,4,7-10,22H2,1H3,(H,24,28)(H,25,27)(H,30,31)/t12-,16-,17-/m0/s1. The molecule has 10 heteroatoms. The van der Waals surface area contributed by atoms with Crippen LogP contribution in [0.5, 0.6) is 0 Å². The number of fused-ring (bicyclic) bond motifs is 1. The van der Waals surface area contributed by atoms with Gasteiger partial charge in [0, 0.05) is 30.1 Å².